The van der Waals surface area contributed by atoms with Gasteiger partial charge in [-0.3, -0.25) is 0 Å². The van der Waals surface area contributed by atoms with Gasteiger partial charge >= 0.3 is 0 Å². The van der Waals surface area contributed by atoms with E-state index in [-0.39, 0.29) is 0 Å². The van der Waals surface area contributed by atoms with Crippen LogP contribution < -0.4 is 5.32 Å². The predicted octanol–water partition coefficient (Wildman–Crippen LogP) is 2.94. The number of nitrogens with one attached hydrogen (secondary N) is 1. The Kier molecular flexibility index (Phi) is 4.68. The lowest BCUT2D eigenvalue weighted by atomic mass is 10.1. The lowest BCUT2D eigenvalue weighted by Gasteiger charge is -2.23. The smallest absolute Gasteiger partial charge is 0.162 e. The van der Waals surface area contributed by atoms with Crippen molar-refractivity contribution in [2.24, 2.45) is 0 Å². The van der Waals surface area contributed by atoms with Crippen molar-refractivity contribution < 1.29 is 4.74 Å². The molecule has 0 aliphatic heterocycles. The number of halogens is 1. The van der Waals surface area contributed by atoms with Gasteiger partial charge in [0.25, 0.3) is 0 Å². The molecule has 0 saturated carbocycles. The molecule has 0 aliphatic rings. The molecule has 5 heteroatoms. The van der Waals surface area contributed by atoms with Crippen molar-refractivity contribution in [1.82, 2.24) is 9.97 Å². The Balaban J connectivity index is 3.01. The maximum atomic E-state index is 5.62. The first-order valence-corrected chi connectivity index (χ1v) is 6.21. The van der Waals surface area contributed by atoms with E-state index >= 15 is 0 Å². The van der Waals surface area contributed by atoms with E-state index in [4.69, 9.17) is 4.74 Å². The fourth-order valence-corrected chi connectivity index (χ4v) is 1.71. The standard InChI is InChI=1S/C11H18BrN3O/c1-5-13-9-8(12)7-14-10(15-9)11(3,4)16-6-2/h7H,5-6H2,1-4H3,(H,13,14,15). The van der Waals surface area contributed by atoms with E-state index < -0.39 is 5.60 Å². The van der Waals surface area contributed by atoms with Gasteiger partial charge in [-0.2, -0.15) is 0 Å². The first-order chi connectivity index (χ1) is 7.51. The fraction of sp³-hybridized carbons (Fsp3) is 0.636. The first-order valence-electron chi connectivity index (χ1n) is 5.42. The van der Waals surface area contributed by atoms with Gasteiger partial charge in [0, 0.05) is 19.3 Å². The highest BCUT2D eigenvalue weighted by Crippen LogP contribution is 2.25. The van der Waals surface area contributed by atoms with E-state index in [2.05, 4.69) is 31.2 Å². The lowest BCUT2D eigenvalue weighted by Crippen LogP contribution is -2.25. The lowest BCUT2D eigenvalue weighted by molar-refractivity contribution is -0.0207. The summed E-state index contributed by atoms with van der Waals surface area (Å²) in [7, 11) is 0. The SMILES string of the molecule is CCNc1nc(C(C)(C)OCC)ncc1Br. The van der Waals surface area contributed by atoms with Crippen LogP contribution in [-0.4, -0.2) is 23.1 Å². The molecule has 1 rings (SSSR count). The van der Waals surface area contributed by atoms with E-state index in [9.17, 15) is 0 Å². The quantitative estimate of drug-likeness (QED) is 0.905. The van der Waals surface area contributed by atoms with Crippen LogP contribution in [0.3, 0.4) is 0 Å². The highest BCUT2D eigenvalue weighted by Gasteiger charge is 2.24. The van der Waals surface area contributed by atoms with Crippen molar-refractivity contribution in [2.75, 3.05) is 18.5 Å². The molecule has 0 aromatic carbocycles. The molecule has 0 spiro atoms. The van der Waals surface area contributed by atoms with Gasteiger partial charge < -0.3 is 10.1 Å². The van der Waals surface area contributed by atoms with E-state index in [0.29, 0.717) is 12.4 Å². The average molecular weight is 288 g/mol. The second-order valence-corrected chi connectivity index (χ2v) is 4.72. The van der Waals surface area contributed by atoms with Gasteiger partial charge in [-0.25, -0.2) is 9.97 Å². The van der Waals surface area contributed by atoms with Gasteiger partial charge in [0.05, 0.1) is 4.47 Å². The Morgan fingerprint density at radius 2 is 2.12 bits per heavy atom. The summed E-state index contributed by atoms with van der Waals surface area (Å²) in [6, 6.07) is 0. The molecule has 90 valence electrons. The molecule has 1 heterocycles. The number of rotatable bonds is 5. The van der Waals surface area contributed by atoms with E-state index in [1.54, 1.807) is 6.20 Å². The molecule has 0 saturated heterocycles. The third-order valence-corrected chi connectivity index (χ3v) is 2.71. The van der Waals surface area contributed by atoms with Crippen LogP contribution in [0.25, 0.3) is 0 Å². The summed E-state index contributed by atoms with van der Waals surface area (Å²) < 4.78 is 6.49. The van der Waals surface area contributed by atoms with E-state index in [1.807, 2.05) is 27.7 Å². The average Bonchev–Trinajstić information content (AvgIpc) is 2.21. The Morgan fingerprint density at radius 3 is 2.69 bits per heavy atom. The molecule has 1 aromatic heterocycles. The first kappa shape index (κ1) is 13.4. The van der Waals surface area contributed by atoms with Crippen LogP contribution >= 0.6 is 15.9 Å². The summed E-state index contributed by atoms with van der Waals surface area (Å²) in [5.74, 6) is 1.49. The van der Waals surface area contributed by atoms with Crippen LogP contribution in [0.15, 0.2) is 10.7 Å². The molecular weight excluding hydrogens is 270 g/mol. The molecule has 16 heavy (non-hydrogen) atoms. The molecule has 0 fully saturated rings. The summed E-state index contributed by atoms with van der Waals surface area (Å²) in [5, 5.41) is 3.18. The monoisotopic (exact) mass is 287 g/mol. The zero-order valence-corrected chi connectivity index (χ0v) is 11.8. The predicted molar refractivity (Wildman–Crippen MR) is 68.5 cm³/mol. The number of anilines is 1. The van der Waals surface area contributed by atoms with Crippen LogP contribution in [0.1, 0.15) is 33.5 Å². The largest absolute Gasteiger partial charge is 0.369 e. The molecule has 1 aromatic rings. The van der Waals surface area contributed by atoms with Crippen molar-refractivity contribution >= 4 is 21.7 Å². The molecule has 1 N–H and O–H groups in total. The van der Waals surface area contributed by atoms with E-state index in [0.717, 1.165) is 16.8 Å². The van der Waals surface area contributed by atoms with Crippen LogP contribution in [-0.2, 0) is 10.3 Å². The van der Waals surface area contributed by atoms with Gasteiger partial charge in [0.15, 0.2) is 5.82 Å². The van der Waals surface area contributed by atoms with Gasteiger partial charge in [0.1, 0.15) is 11.4 Å². The molecule has 0 atom stereocenters. The van der Waals surface area contributed by atoms with Crippen LogP contribution in [0, 0.1) is 0 Å². The van der Waals surface area contributed by atoms with Crippen LogP contribution in [0.5, 0.6) is 0 Å². The van der Waals surface area contributed by atoms with Crippen molar-refractivity contribution in [3.63, 3.8) is 0 Å². The Bertz CT molecular complexity index is 355. The molecule has 0 unspecified atom stereocenters. The highest BCUT2D eigenvalue weighted by atomic mass is 79.9. The van der Waals surface area contributed by atoms with Gasteiger partial charge in [0.2, 0.25) is 0 Å². The maximum absolute atomic E-state index is 5.62. The Morgan fingerprint density at radius 1 is 1.44 bits per heavy atom. The van der Waals surface area contributed by atoms with Crippen molar-refractivity contribution in [1.29, 1.82) is 0 Å². The number of hydrogen-bond donors (Lipinski definition) is 1. The zero-order valence-electron chi connectivity index (χ0n) is 10.2. The number of ether oxygens (including phenoxy) is 1. The van der Waals surface area contributed by atoms with Crippen molar-refractivity contribution in [3.05, 3.63) is 16.5 Å². The summed E-state index contributed by atoms with van der Waals surface area (Å²) in [5.41, 5.74) is -0.459. The second kappa shape index (κ2) is 5.59. The number of hydrogen-bond acceptors (Lipinski definition) is 4. The summed E-state index contributed by atoms with van der Waals surface area (Å²) in [6.07, 6.45) is 1.75. The molecule has 0 amide bonds. The second-order valence-electron chi connectivity index (χ2n) is 3.86. The molecule has 0 bridgehead atoms. The third kappa shape index (κ3) is 3.15. The number of nitrogens with zero attached hydrogens (tertiary/aromatic N) is 2. The van der Waals surface area contributed by atoms with Gasteiger partial charge in [-0.05, 0) is 43.6 Å². The minimum atomic E-state index is -0.459. The normalized spacial score (nSPS) is 11.6. The summed E-state index contributed by atoms with van der Waals surface area (Å²) in [4.78, 5) is 8.75. The minimum absolute atomic E-state index is 0.459. The van der Waals surface area contributed by atoms with Crippen molar-refractivity contribution in [3.8, 4) is 0 Å². The van der Waals surface area contributed by atoms with Crippen molar-refractivity contribution in [2.45, 2.75) is 33.3 Å². The third-order valence-electron chi connectivity index (χ3n) is 2.13. The fourth-order valence-electron chi connectivity index (χ4n) is 1.37. The Labute approximate surface area is 105 Å². The molecule has 0 aliphatic carbocycles. The minimum Gasteiger partial charge on any atom is -0.369 e. The van der Waals surface area contributed by atoms with Crippen LogP contribution in [0.2, 0.25) is 0 Å². The van der Waals surface area contributed by atoms with Gasteiger partial charge in [-0.15, -0.1) is 0 Å². The van der Waals surface area contributed by atoms with E-state index in [1.165, 1.54) is 0 Å². The van der Waals surface area contributed by atoms with Gasteiger partial charge in [-0.1, -0.05) is 0 Å². The highest BCUT2D eigenvalue weighted by molar-refractivity contribution is 9.10. The molecule has 4 nitrogen and oxygen atoms in total. The summed E-state index contributed by atoms with van der Waals surface area (Å²) in [6.45, 7) is 9.39. The molecule has 0 radical (unpaired) electrons. The Hall–Kier alpha value is -0.680. The molecular formula is C11H18BrN3O. The summed E-state index contributed by atoms with van der Waals surface area (Å²) >= 11 is 3.41. The maximum Gasteiger partial charge on any atom is 0.162 e. The van der Waals surface area contributed by atoms with Crippen LogP contribution in [0.4, 0.5) is 5.82 Å². The number of aromatic nitrogens is 2. The topological polar surface area (TPSA) is 47.0 Å². The zero-order chi connectivity index (χ0) is 12.2.